The van der Waals surface area contributed by atoms with Gasteiger partial charge in [-0.25, -0.2) is 9.97 Å². The molecule has 0 saturated carbocycles. The third kappa shape index (κ3) is 2.64. The van der Waals surface area contributed by atoms with E-state index in [0.717, 1.165) is 16.0 Å². The summed E-state index contributed by atoms with van der Waals surface area (Å²) in [4.78, 5) is 8.82. The van der Waals surface area contributed by atoms with Crippen molar-refractivity contribution in [3.63, 3.8) is 0 Å². The number of benzene rings is 1. The van der Waals surface area contributed by atoms with Crippen molar-refractivity contribution in [2.45, 2.75) is 19.9 Å². The van der Waals surface area contributed by atoms with E-state index in [1.807, 2.05) is 0 Å². The number of thiophene rings is 1. The number of nitrogens with zero attached hydrogens (tertiary/aromatic N) is 2. The zero-order valence-corrected chi connectivity index (χ0v) is 14.2. The molecule has 0 aliphatic rings. The van der Waals surface area contributed by atoms with Crippen molar-refractivity contribution < 1.29 is 0 Å². The first-order valence-electron chi connectivity index (χ1n) is 6.40. The first kappa shape index (κ1) is 13.8. The van der Waals surface area contributed by atoms with Gasteiger partial charge in [-0.3, -0.25) is 0 Å². The van der Waals surface area contributed by atoms with Gasteiger partial charge in [0.1, 0.15) is 12.1 Å². The molecule has 3 nitrogen and oxygen atoms in total. The van der Waals surface area contributed by atoms with Gasteiger partial charge in [-0.2, -0.15) is 0 Å². The van der Waals surface area contributed by atoms with E-state index in [0.29, 0.717) is 6.04 Å². The largest absolute Gasteiger partial charge is 0.367 e. The molecule has 5 heteroatoms. The van der Waals surface area contributed by atoms with E-state index >= 15 is 0 Å². The Hall–Kier alpha value is -1.21. The van der Waals surface area contributed by atoms with Gasteiger partial charge in [0.05, 0.1) is 10.2 Å². The highest BCUT2D eigenvalue weighted by atomic mass is 127. The first-order valence-corrected chi connectivity index (χ1v) is 8.35. The van der Waals surface area contributed by atoms with Crippen LogP contribution < -0.4 is 5.32 Å². The Morgan fingerprint density at radius 3 is 2.60 bits per heavy atom. The second kappa shape index (κ2) is 5.65. The van der Waals surface area contributed by atoms with Crippen LogP contribution in [-0.4, -0.2) is 16.0 Å². The van der Waals surface area contributed by atoms with Crippen molar-refractivity contribution in [2.75, 3.05) is 5.32 Å². The normalized spacial score (nSPS) is 11.2. The number of hydrogen-bond acceptors (Lipinski definition) is 4. The quantitative estimate of drug-likeness (QED) is 0.649. The second-order valence-electron chi connectivity index (χ2n) is 4.86. The summed E-state index contributed by atoms with van der Waals surface area (Å²) in [6.07, 6.45) is 1.63. The van der Waals surface area contributed by atoms with Crippen molar-refractivity contribution in [1.82, 2.24) is 9.97 Å². The van der Waals surface area contributed by atoms with Crippen LogP contribution in [0.3, 0.4) is 0 Å². The highest BCUT2D eigenvalue weighted by molar-refractivity contribution is 14.1. The first-order chi connectivity index (χ1) is 9.65. The molecular formula is C15H14IN3S. The van der Waals surface area contributed by atoms with Crippen molar-refractivity contribution in [2.24, 2.45) is 0 Å². The predicted octanol–water partition coefficient (Wildman–Crippen LogP) is 4.78. The molecule has 0 saturated heterocycles. The number of halogens is 1. The minimum Gasteiger partial charge on any atom is -0.367 e. The van der Waals surface area contributed by atoms with E-state index in [-0.39, 0.29) is 0 Å². The minimum absolute atomic E-state index is 0.358. The summed E-state index contributed by atoms with van der Waals surface area (Å²) in [7, 11) is 0. The van der Waals surface area contributed by atoms with Gasteiger partial charge in [0, 0.05) is 20.6 Å². The van der Waals surface area contributed by atoms with Crippen LogP contribution in [0.4, 0.5) is 5.82 Å². The van der Waals surface area contributed by atoms with Crippen molar-refractivity contribution >= 4 is 50.0 Å². The van der Waals surface area contributed by atoms with Crippen molar-refractivity contribution in [3.8, 4) is 11.1 Å². The fourth-order valence-electron chi connectivity index (χ4n) is 2.06. The Labute approximate surface area is 135 Å². The molecule has 0 unspecified atom stereocenters. The number of nitrogens with one attached hydrogen (secondary N) is 1. The van der Waals surface area contributed by atoms with Crippen LogP contribution in [0.25, 0.3) is 21.3 Å². The van der Waals surface area contributed by atoms with E-state index < -0.39 is 0 Å². The smallest absolute Gasteiger partial charge is 0.147 e. The third-order valence-electron chi connectivity index (χ3n) is 2.93. The summed E-state index contributed by atoms with van der Waals surface area (Å²) in [5, 5.41) is 5.54. The summed E-state index contributed by atoms with van der Waals surface area (Å²) in [6, 6.07) is 8.88. The molecule has 0 fully saturated rings. The number of anilines is 1. The Balaban J connectivity index is 2.12. The molecule has 20 heavy (non-hydrogen) atoms. The molecule has 0 aliphatic carbocycles. The zero-order chi connectivity index (χ0) is 14.1. The van der Waals surface area contributed by atoms with E-state index in [1.165, 1.54) is 14.7 Å². The number of fused-ring (bicyclic) bond motifs is 1. The monoisotopic (exact) mass is 395 g/mol. The maximum absolute atomic E-state index is 4.47. The Morgan fingerprint density at radius 1 is 1.15 bits per heavy atom. The SMILES string of the molecule is CC(C)Nc1ncnc2c(-c3ccc(I)cc3)csc12. The van der Waals surface area contributed by atoms with Crippen LogP contribution in [-0.2, 0) is 0 Å². The lowest BCUT2D eigenvalue weighted by Gasteiger charge is -2.09. The Bertz CT molecular complexity index is 734. The van der Waals surface area contributed by atoms with E-state index in [9.17, 15) is 0 Å². The topological polar surface area (TPSA) is 37.8 Å². The molecule has 0 amide bonds. The molecule has 0 bridgehead atoms. The Kier molecular flexibility index (Phi) is 3.89. The van der Waals surface area contributed by atoms with Crippen molar-refractivity contribution in [1.29, 1.82) is 0 Å². The third-order valence-corrected chi connectivity index (χ3v) is 4.63. The second-order valence-corrected chi connectivity index (χ2v) is 6.98. The summed E-state index contributed by atoms with van der Waals surface area (Å²) in [5.41, 5.74) is 3.40. The van der Waals surface area contributed by atoms with Gasteiger partial charge in [0.25, 0.3) is 0 Å². The number of rotatable bonds is 3. The average Bonchev–Trinajstić information content (AvgIpc) is 2.84. The molecule has 1 aromatic carbocycles. The summed E-state index contributed by atoms with van der Waals surface area (Å²) in [5.74, 6) is 0.923. The average molecular weight is 395 g/mol. The molecule has 0 aliphatic heterocycles. The molecular weight excluding hydrogens is 381 g/mol. The fourth-order valence-corrected chi connectivity index (χ4v) is 3.40. The molecule has 3 aromatic rings. The minimum atomic E-state index is 0.358. The van der Waals surface area contributed by atoms with Crippen LogP contribution in [0.5, 0.6) is 0 Å². The molecule has 2 aromatic heterocycles. The standard InChI is InChI=1S/C15H14IN3S/c1-9(2)19-15-14-13(17-8-18-15)12(7-20-14)10-3-5-11(16)6-4-10/h3-9H,1-2H3,(H,17,18,19). The lowest BCUT2D eigenvalue weighted by Crippen LogP contribution is -2.11. The molecule has 0 spiro atoms. The van der Waals surface area contributed by atoms with Gasteiger partial charge >= 0.3 is 0 Å². The van der Waals surface area contributed by atoms with Crippen LogP contribution in [0.15, 0.2) is 36.0 Å². The van der Waals surface area contributed by atoms with Gasteiger partial charge < -0.3 is 5.32 Å². The number of aromatic nitrogens is 2. The lowest BCUT2D eigenvalue weighted by atomic mass is 10.1. The Morgan fingerprint density at radius 2 is 1.90 bits per heavy atom. The van der Waals surface area contributed by atoms with Crippen LogP contribution in [0.1, 0.15) is 13.8 Å². The van der Waals surface area contributed by atoms with Crippen LogP contribution >= 0.6 is 33.9 Å². The fraction of sp³-hybridized carbons (Fsp3) is 0.200. The summed E-state index contributed by atoms with van der Waals surface area (Å²) < 4.78 is 2.36. The van der Waals surface area contributed by atoms with E-state index in [1.54, 1.807) is 17.7 Å². The van der Waals surface area contributed by atoms with Gasteiger partial charge in [0.2, 0.25) is 0 Å². The van der Waals surface area contributed by atoms with Gasteiger partial charge in [-0.05, 0) is 54.1 Å². The van der Waals surface area contributed by atoms with Crippen LogP contribution in [0, 0.1) is 3.57 Å². The molecule has 2 heterocycles. The molecule has 0 radical (unpaired) electrons. The van der Waals surface area contributed by atoms with E-state index in [2.05, 4.69) is 81.4 Å². The maximum Gasteiger partial charge on any atom is 0.147 e. The number of hydrogen-bond donors (Lipinski definition) is 1. The van der Waals surface area contributed by atoms with Gasteiger partial charge in [-0.15, -0.1) is 11.3 Å². The molecule has 3 rings (SSSR count). The summed E-state index contributed by atoms with van der Waals surface area (Å²) >= 11 is 4.01. The maximum atomic E-state index is 4.47. The molecule has 1 N–H and O–H groups in total. The predicted molar refractivity (Wildman–Crippen MR) is 94.3 cm³/mol. The zero-order valence-electron chi connectivity index (χ0n) is 11.2. The van der Waals surface area contributed by atoms with E-state index in [4.69, 9.17) is 0 Å². The highest BCUT2D eigenvalue weighted by Gasteiger charge is 2.12. The van der Waals surface area contributed by atoms with Gasteiger partial charge in [-0.1, -0.05) is 12.1 Å². The van der Waals surface area contributed by atoms with Gasteiger partial charge in [0.15, 0.2) is 0 Å². The summed E-state index contributed by atoms with van der Waals surface area (Å²) in [6.45, 7) is 4.23. The van der Waals surface area contributed by atoms with Crippen molar-refractivity contribution in [3.05, 3.63) is 39.5 Å². The van der Waals surface area contributed by atoms with Crippen LogP contribution in [0.2, 0.25) is 0 Å². The molecule has 0 atom stereocenters. The lowest BCUT2D eigenvalue weighted by molar-refractivity contribution is 0.891. The highest BCUT2D eigenvalue weighted by Crippen LogP contribution is 2.35. The molecule has 102 valence electrons.